The molecule has 2 aromatic rings. The predicted molar refractivity (Wildman–Crippen MR) is 113 cm³/mol. The highest BCUT2D eigenvalue weighted by atomic mass is 16.2. The van der Waals surface area contributed by atoms with Gasteiger partial charge in [0.15, 0.2) is 5.78 Å². The second kappa shape index (κ2) is 10.0. The first-order valence-electron chi connectivity index (χ1n) is 10.2. The van der Waals surface area contributed by atoms with Crippen LogP contribution in [0.3, 0.4) is 0 Å². The van der Waals surface area contributed by atoms with Crippen molar-refractivity contribution in [3.8, 4) is 0 Å². The number of Topliss-reactive ketones (excluding diaryl/α,β-unsaturated/α-hetero) is 1. The lowest BCUT2D eigenvalue weighted by Gasteiger charge is -2.22. The fourth-order valence-corrected chi connectivity index (χ4v) is 3.56. The topological polar surface area (TPSA) is 57.7 Å². The third-order valence-electron chi connectivity index (χ3n) is 5.34. The van der Waals surface area contributed by atoms with E-state index in [0.717, 1.165) is 17.5 Å². The van der Waals surface area contributed by atoms with E-state index in [2.05, 4.69) is 0 Å². The van der Waals surface area contributed by atoms with Crippen molar-refractivity contribution in [1.29, 1.82) is 0 Å². The Balaban J connectivity index is 1.47. The number of ketones is 1. The van der Waals surface area contributed by atoms with E-state index in [-0.39, 0.29) is 30.4 Å². The molecule has 1 heterocycles. The van der Waals surface area contributed by atoms with E-state index < -0.39 is 0 Å². The van der Waals surface area contributed by atoms with Crippen molar-refractivity contribution in [2.45, 2.75) is 32.6 Å². The third kappa shape index (κ3) is 6.01. The lowest BCUT2D eigenvalue weighted by Crippen LogP contribution is -2.38. The van der Waals surface area contributed by atoms with Gasteiger partial charge in [-0.25, -0.2) is 0 Å². The monoisotopic (exact) mass is 392 g/mol. The maximum atomic E-state index is 12.6. The Morgan fingerprint density at radius 3 is 2.03 bits per heavy atom. The van der Waals surface area contributed by atoms with Gasteiger partial charge in [-0.15, -0.1) is 0 Å². The molecule has 0 unspecified atom stereocenters. The highest BCUT2D eigenvalue weighted by Gasteiger charge is 2.22. The minimum Gasteiger partial charge on any atom is -0.341 e. The van der Waals surface area contributed by atoms with Crippen molar-refractivity contribution in [3.63, 3.8) is 0 Å². The molecule has 0 spiro atoms. The SMILES string of the molecule is Cc1ccc(C(=O)CCC(=O)N2CCCN(C(=O)Cc3ccccc3)CC2)cc1. The zero-order valence-corrected chi connectivity index (χ0v) is 17.0. The normalized spacial score (nSPS) is 14.4. The Morgan fingerprint density at radius 2 is 1.38 bits per heavy atom. The van der Waals surface area contributed by atoms with Crippen LogP contribution in [0.5, 0.6) is 0 Å². The van der Waals surface area contributed by atoms with Crippen LogP contribution in [0.1, 0.15) is 40.7 Å². The van der Waals surface area contributed by atoms with Gasteiger partial charge in [0.05, 0.1) is 6.42 Å². The first-order chi connectivity index (χ1) is 14.0. The second-order valence-electron chi connectivity index (χ2n) is 7.57. The third-order valence-corrected chi connectivity index (χ3v) is 5.34. The van der Waals surface area contributed by atoms with Gasteiger partial charge in [-0.05, 0) is 18.9 Å². The summed E-state index contributed by atoms with van der Waals surface area (Å²) >= 11 is 0. The number of nitrogens with zero attached hydrogens (tertiary/aromatic N) is 2. The molecule has 5 nitrogen and oxygen atoms in total. The van der Waals surface area contributed by atoms with Gasteiger partial charge >= 0.3 is 0 Å². The van der Waals surface area contributed by atoms with E-state index in [1.165, 1.54) is 0 Å². The lowest BCUT2D eigenvalue weighted by molar-refractivity contribution is -0.133. The molecule has 0 saturated carbocycles. The Hall–Kier alpha value is -2.95. The van der Waals surface area contributed by atoms with Crippen LogP contribution in [0.4, 0.5) is 0 Å². The number of benzene rings is 2. The van der Waals surface area contributed by atoms with Gasteiger partial charge in [0.25, 0.3) is 0 Å². The maximum Gasteiger partial charge on any atom is 0.227 e. The summed E-state index contributed by atoms with van der Waals surface area (Å²) in [7, 11) is 0. The predicted octanol–water partition coefficient (Wildman–Crippen LogP) is 3.26. The molecule has 29 heavy (non-hydrogen) atoms. The van der Waals surface area contributed by atoms with Gasteiger partial charge in [0.1, 0.15) is 0 Å². The first kappa shape index (κ1) is 20.8. The molecule has 2 aromatic carbocycles. The van der Waals surface area contributed by atoms with E-state index in [4.69, 9.17) is 0 Å². The number of carbonyl (C=O) groups excluding carboxylic acids is 3. The summed E-state index contributed by atoms with van der Waals surface area (Å²) in [5.41, 5.74) is 2.76. The number of hydrogen-bond acceptors (Lipinski definition) is 3. The van der Waals surface area contributed by atoms with E-state index in [0.29, 0.717) is 38.2 Å². The minimum atomic E-state index is -0.0113. The number of rotatable bonds is 6. The molecule has 1 aliphatic rings. The molecule has 2 amide bonds. The van der Waals surface area contributed by atoms with Crippen LogP contribution in [0, 0.1) is 6.92 Å². The molecule has 0 N–H and O–H groups in total. The van der Waals surface area contributed by atoms with Crippen molar-refractivity contribution >= 4 is 17.6 Å². The van der Waals surface area contributed by atoms with Crippen LogP contribution in [0.15, 0.2) is 54.6 Å². The quantitative estimate of drug-likeness (QED) is 0.709. The van der Waals surface area contributed by atoms with Crippen LogP contribution >= 0.6 is 0 Å². The van der Waals surface area contributed by atoms with E-state index in [9.17, 15) is 14.4 Å². The molecule has 0 aliphatic carbocycles. The van der Waals surface area contributed by atoms with Gasteiger partial charge < -0.3 is 9.80 Å². The van der Waals surface area contributed by atoms with Crippen LogP contribution < -0.4 is 0 Å². The summed E-state index contributed by atoms with van der Waals surface area (Å²) in [6.45, 7) is 4.34. The first-order valence-corrected chi connectivity index (χ1v) is 10.2. The Kier molecular flexibility index (Phi) is 7.17. The highest BCUT2D eigenvalue weighted by Crippen LogP contribution is 2.12. The summed E-state index contributed by atoms with van der Waals surface area (Å²) in [5.74, 6) is 0.0794. The van der Waals surface area contributed by atoms with Gasteiger partial charge in [0.2, 0.25) is 11.8 Å². The largest absolute Gasteiger partial charge is 0.341 e. The zero-order valence-electron chi connectivity index (χ0n) is 17.0. The fraction of sp³-hybridized carbons (Fsp3) is 0.375. The Bertz CT molecular complexity index is 846. The molecule has 1 aliphatic heterocycles. The maximum absolute atomic E-state index is 12.6. The summed E-state index contributed by atoms with van der Waals surface area (Å²) in [4.78, 5) is 41.1. The smallest absolute Gasteiger partial charge is 0.227 e. The van der Waals surface area contributed by atoms with Crippen LogP contribution in [-0.2, 0) is 16.0 Å². The van der Waals surface area contributed by atoms with E-state index in [1.54, 1.807) is 4.90 Å². The number of carbonyl (C=O) groups is 3. The molecule has 152 valence electrons. The van der Waals surface area contributed by atoms with Crippen molar-refractivity contribution in [2.75, 3.05) is 26.2 Å². The Labute approximate surface area is 172 Å². The molecule has 0 radical (unpaired) electrons. The van der Waals surface area contributed by atoms with Crippen molar-refractivity contribution < 1.29 is 14.4 Å². The molecule has 1 saturated heterocycles. The molecule has 0 bridgehead atoms. The van der Waals surface area contributed by atoms with Gasteiger partial charge in [0, 0.05) is 44.6 Å². The van der Waals surface area contributed by atoms with Crippen LogP contribution in [0.2, 0.25) is 0 Å². The summed E-state index contributed by atoms with van der Waals surface area (Å²) in [6, 6.07) is 17.2. The average Bonchev–Trinajstić information content (AvgIpc) is 2.99. The molecule has 3 rings (SSSR count). The Morgan fingerprint density at radius 1 is 0.759 bits per heavy atom. The molecular weight excluding hydrogens is 364 g/mol. The van der Waals surface area contributed by atoms with Crippen molar-refractivity contribution in [3.05, 3.63) is 71.3 Å². The summed E-state index contributed by atoms with van der Waals surface area (Å²) < 4.78 is 0. The standard InChI is InChI=1S/C24H28N2O3/c1-19-8-10-21(11-9-19)22(27)12-13-23(28)25-14-5-15-26(17-16-25)24(29)18-20-6-3-2-4-7-20/h2-4,6-11H,5,12-18H2,1H3. The average molecular weight is 392 g/mol. The molecule has 1 fully saturated rings. The van der Waals surface area contributed by atoms with E-state index in [1.807, 2.05) is 66.4 Å². The summed E-state index contributed by atoms with van der Waals surface area (Å²) in [5, 5.41) is 0. The van der Waals surface area contributed by atoms with Crippen molar-refractivity contribution in [1.82, 2.24) is 9.80 Å². The zero-order chi connectivity index (χ0) is 20.6. The number of aryl methyl sites for hydroxylation is 1. The number of amides is 2. The fourth-order valence-electron chi connectivity index (χ4n) is 3.56. The second-order valence-corrected chi connectivity index (χ2v) is 7.57. The van der Waals surface area contributed by atoms with Crippen molar-refractivity contribution in [2.24, 2.45) is 0 Å². The molecular formula is C24H28N2O3. The minimum absolute atomic E-state index is 0.00663. The van der Waals surface area contributed by atoms with E-state index >= 15 is 0 Å². The lowest BCUT2D eigenvalue weighted by atomic mass is 10.0. The molecule has 0 atom stereocenters. The van der Waals surface area contributed by atoms with Crippen LogP contribution in [-0.4, -0.2) is 53.6 Å². The van der Waals surface area contributed by atoms with Crippen LogP contribution in [0.25, 0.3) is 0 Å². The molecule has 5 heteroatoms. The van der Waals surface area contributed by atoms with Gasteiger partial charge in [-0.3, -0.25) is 14.4 Å². The summed E-state index contributed by atoms with van der Waals surface area (Å²) in [6.07, 6.45) is 1.58. The molecule has 0 aromatic heterocycles. The highest BCUT2D eigenvalue weighted by molar-refractivity contribution is 5.98. The van der Waals surface area contributed by atoms with Gasteiger partial charge in [-0.2, -0.15) is 0 Å². The number of hydrogen-bond donors (Lipinski definition) is 0. The van der Waals surface area contributed by atoms with Gasteiger partial charge in [-0.1, -0.05) is 60.2 Å².